The molecule has 1 amide bonds. The number of alkyl halides is 3. The van der Waals surface area contributed by atoms with Gasteiger partial charge in [-0.3, -0.25) is 9.36 Å². The minimum absolute atomic E-state index is 0.0924. The molecule has 4 aromatic rings. The lowest BCUT2D eigenvalue weighted by molar-refractivity contribution is -0.137. The molecule has 40 heavy (non-hydrogen) atoms. The van der Waals surface area contributed by atoms with Crippen molar-refractivity contribution in [3.8, 4) is 5.82 Å². The summed E-state index contributed by atoms with van der Waals surface area (Å²) in [6, 6.07) is 11.3. The van der Waals surface area contributed by atoms with Crippen LogP contribution in [0.25, 0.3) is 5.82 Å². The van der Waals surface area contributed by atoms with E-state index in [1.807, 2.05) is 13.0 Å². The quantitative estimate of drug-likeness (QED) is 0.307. The number of hydrazine groups is 1. The number of piperazine rings is 1. The molecule has 208 valence electrons. The molecular weight excluding hydrogens is 523 g/mol. The Kier molecular flexibility index (Phi) is 7.67. The Hall–Kier alpha value is -4.49. The van der Waals surface area contributed by atoms with Gasteiger partial charge in [-0.05, 0) is 49.9 Å². The van der Waals surface area contributed by atoms with Crippen LogP contribution in [0.3, 0.4) is 0 Å². The predicted molar refractivity (Wildman–Crippen MR) is 146 cm³/mol. The summed E-state index contributed by atoms with van der Waals surface area (Å²) in [6.45, 7) is 5.54. The average molecular weight is 552 g/mol. The third-order valence-electron chi connectivity index (χ3n) is 6.51. The largest absolute Gasteiger partial charge is 0.416 e. The zero-order valence-corrected chi connectivity index (χ0v) is 21.9. The van der Waals surface area contributed by atoms with Gasteiger partial charge in [0.25, 0.3) is 5.91 Å². The number of carbonyl (C=O) groups is 1. The summed E-state index contributed by atoms with van der Waals surface area (Å²) in [5, 5.41) is 8.04. The number of hydrogen-bond acceptors (Lipinski definition) is 8. The zero-order valence-electron chi connectivity index (χ0n) is 21.9. The first kappa shape index (κ1) is 27.1. The normalized spacial score (nSPS) is 14.6. The van der Waals surface area contributed by atoms with Gasteiger partial charge in [0.15, 0.2) is 0 Å². The second-order valence-corrected chi connectivity index (χ2v) is 9.47. The van der Waals surface area contributed by atoms with Crippen molar-refractivity contribution in [1.82, 2.24) is 29.4 Å². The van der Waals surface area contributed by atoms with Crippen LogP contribution in [0.1, 0.15) is 21.5 Å². The fourth-order valence-corrected chi connectivity index (χ4v) is 4.20. The van der Waals surface area contributed by atoms with Crippen molar-refractivity contribution < 1.29 is 18.0 Å². The third kappa shape index (κ3) is 6.38. The van der Waals surface area contributed by atoms with E-state index in [-0.39, 0.29) is 5.56 Å². The van der Waals surface area contributed by atoms with Gasteiger partial charge in [0.1, 0.15) is 18.0 Å². The lowest BCUT2D eigenvalue weighted by Gasteiger charge is -2.32. The molecule has 5 rings (SSSR count). The molecule has 1 aliphatic heterocycles. The maximum absolute atomic E-state index is 13.1. The Morgan fingerprint density at radius 2 is 1.77 bits per heavy atom. The number of likely N-dealkylation sites (N-methyl/N-ethyl adjacent to an activating group) is 1. The van der Waals surface area contributed by atoms with Gasteiger partial charge >= 0.3 is 6.18 Å². The monoisotopic (exact) mass is 551 g/mol. The topological polar surface area (TPSA) is 103 Å². The van der Waals surface area contributed by atoms with E-state index in [1.165, 1.54) is 18.5 Å². The van der Waals surface area contributed by atoms with E-state index in [0.717, 1.165) is 43.9 Å². The molecule has 0 spiro atoms. The van der Waals surface area contributed by atoms with Crippen LogP contribution in [0.4, 0.5) is 36.3 Å². The van der Waals surface area contributed by atoms with Crippen LogP contribution in [0, 0.1) is 6.92 Å². The van der Waals surface area contributed by atoms with Crippen LogP contribution < -0.4 is 16.1 Å². The van der Waals surface area contributed by atoms with E-state index < -0.39 is 17.6 Å². The SMILES string of the molecule is Cc1ccc(NC(=O)c2cccc(C(F)(F)F)c2)cc1Nc1nccn1-c1cc(NN2CCN(C)CC2)ncn1. The number of rotatable bonds is 7. The summed E-state index contributed by atoms with van der Waals surface area (Å²) in [5.74, 6) is 1.08. The number of nitrogens with one attached hydrogen (secondary N) is 3. The number of anilines is 4. The highest BCUT2D eigenvalue weighted by Crippen LogP contribution is 2.30. The van der Waals surface area contributed by atoms with Crippen LogP contribution in [0.2, 0.25) is 0 Å². The number of halogens is 3. The Balaban J connectivity index is 1.31. The summed E-state index contributed by atoms with van der Waals surface area (Å²) in [6.07, 6.45) is 0.336. The fraction of sp³-hybridized carbons (Fsp3) is 0.259. The summed E-state index contributed by atoms with van der Waals surface area (Å²) in [4.78, 5) is 28.1. The zero-order chi connectivity index (χ0) is 28.3. The second kappa shape index (κ2) is 11.3. The maximum atomic E-state index is 13.1. The van der Waals surface area contributed by atoms with Gasteiger partial charge in [-0.15, -0.1) is 0 Å². The lowest BCUT2D eigenvalue weighted by Crippen LogP contribution is -2.47. The van der Waals surface area contributed by atoms with E-state index in [1.54, 1.807) is 35.2 Å². The average Bonchev–Trinajstić information content (AvgIpc) is 3.40. The first-order valence-corrected chi connectivity index (χ1v) is 12.6. The Bertz CT molecular complexity index is 1500. The molecule has 1 saturated heterocycles. The van der Waals surface area contributed by atoms with E-state index in [0.29, 0.717) is 29.0 Å². The molecule has 1 fully saturated rings. The minimum atomic E-state index is -4.54. The number of carbonyl (C=O) groups excluding carboxylic acids is 1. The molecule has 0 aliphatic carbocycles. The number of amides is 1. The maximum Gasteiger partial charge on any atom is 0.416 e. The molecule has 0 unspecified atom stereocenters. The first-order valence-electron chi connectivity index (χ1n) is 12.6. The summed E-state index contributed by atoms with van der Waals surface area (Å²) < 4.78 is 41.0. The molecule has 0 atom stereocenters. The fourth-order valence-electron chi connectivity index (χ4n) is 4.20. The molecule has 0 bridgehead atoms. The number of imidazole rings is 1. The molecule has 13 heteroatoms. The minimum Gasteiger partial charge on any atom is -0.325 e. The molecule has 3 N–H and O–H groups in total. The van der Waals surface area contributed by atoms with Gasteiger partial charge in [-0.2, -0.15) is 13.2 Å². The van der Waals surface area contributed by atoms with Crippen molar-refractivity contribution in [1.29, 1.82) is 0 Å². The predicted octanol–water partition coefficient (Wildman–Crippen LogP) is 4.56. The molecule has 2 aromatic carbocycles. The van der Waals surface area contributed by atoms with Crippen LogP contribution >= 0.6 is 0 Å². The highest BCUT2D eigenvalue weighted by atomic mass is 19.4. The highest BCUT2D eigenvalue weighted by molar-refractivity contribution is 6.04. The van der Waals surface area contributed by atoms with Crippen molar-refractivity contribution in [3.05, 3.63) is 83.9 Å². The van der Waals surface area contributed by atoms with Crippen LogP contribution in [-0.2, 0) is 6.18 Å². The van der Waals surface area contributed by atoms with Gasteiger partial charge in [-0.1, -0.05) is 12.1 Å². The van der Waals surface area contributed by atoms with Gasteiger partial charge in [0, 0.05) is 61.6 Å². The van der Waals surface area contributed by atoms with Crippen LogP contribution in [-0.4, -0.2) is 68.6 Å². The summed E-state index contributed by atoms with van der Waals surface area (Å²) in [5.41, 5.74) is 4.29. The van der Waals surface area contributed by atoms with Crippen molar-refractivity contribution in [3.63, 3.8) is 0 Å². The molecule has 0 saturated carbocycles. The molecule has 3 heterocycles. The molecule has 0 radical (unpaired) electrons. The number of nitrogens with zero attached hydrogens (tertiary/aromatic N) is 6. The number of benzene rings is 2. The van der Waals surface area contributed by atoms with E-state index in [9.17, 15) is 18.0 Å². The van der Waals surface area contributed by atoms with Crippen molar-refractivity contribution in [2.45, 2.75) is 13.1 Å². The summed E-state index contributed by atoms with van der Waals surface area (Å²) >= 11 is 0. The Morgan fingerprint density at radius 3 is 2.55 bits per heavy atom. The van der Waals surface area contributed by atoms with E-state index >= 15 is 0 Å². The molecule has 2 aromatic heterocycles. The van der Waals surface area contributed by atoms with Gasteiger partial charge in [0.2, 0.25) is 5.95 Å². The summed E-state index contributed by atoms with van der Waals surface area (Å²) in [7, 11) is 2.09. The molecule has 10 nitrogen and oxygen atoms in total. The van der Waals surface area contributed by atoms with Crippen LogP contribution in [0.15, 0.2) is 67.3 Å². The lowest BCUT2D eigenvalue weighted by atomic mass is 10.1. The molecule has 1 aliphatic rings. The second-order valence-electron chi connectivity index (χ2n) is 9.47. The van der Waals surface area contributed by atoms with Gasteiger partial charge in [0.05, 0.1) is 5.56 Å². The number of aryl methyl sites for hydroxylation is 1. The Labute approximate surface area is 228 Å². The smallest absolute Gasteiger partial charge is 0.325 e. The van der Waals surface area contributed by atoms with Crippen molar-refractivity contribution >= 4 is 29.0 Å². The Morgan fingerprint density at radius 1 is 0.975 bits per heavy atom. The number of aromatic nitrogens is 4. The first-order chi connectivity index (χ1) is 19.2. The van der Waals surface area contributed by atoms with E-state index in [2.05, 4.69) is 48.0 Å². The standard InChI is InChI=1S/C27H28F3N9O/c1-18-6-7-21(34-25(40)19-4-3-5-20(14-19)27(28,29)30)15-22(18)35-26-31-8-9-39(26)24-16-23(32-17-33-24)36-38-12-10-37(2)11-13-38/h3-9,14-17H,10-13H2,1-2H3,(H,31,35)(H,34,40)(H,32,33,36). The van der Waals surface area contributed by atoms with Gasteiger partial charge < -0.3 is 21.0 Å². The van der Waals surface area contributed by atoms with Crippen LogP contribution in [0.5, 0.6) is 0 Å². The van der Waals surface area contributed by atoms with Crippen molar-refractivity contribution in [2.24, 2.45) is 0 Å². The molecular formula is C27H28F3N9O. The highest BCUT2D eigenvalue weighted by Gasteiger charge is 2.31. The van der Waals surface area contributed by atoms with Crippen molar-refractivity contribution in [2.75, 3.05) is 49.3 Å². The number of hydrogen-bond donors (Lipinski definition) is 3. The van der Waals surface area contributed by atoms with E-state index in [4.69, 9.17) is 0 Å². The van der Waals surface area contributed by atoms with Gasteiger partial charge in [-0.25, -0.2) is 20.0 Å². The third-order valence-corrected chi connectivity index (χ3v) is 6.51.